The molecule has 1 saturated carbocycles. The molecule has 4 nitrogen and oxygen atoms in total. The van der Waals surface area contributed by atoms with Crippen LogP contribution in [0.3, 0.4) is 0 Å². The third-order valence-electron chi connectivity index (χ3n) is 4.39. The van der Waals surface area contributed by atoms with Gasteiger partial charge in [-0.05, 0) is 36.8 Å². The fourth-order valence-corrected chi connectivity index (χ4v) is 4.87. The molecule has 3 atom stereocenters. The first-order valence-electron chi connectivity index (χ1n) is 6.60. The number of benzene rings is 1. The topological polar surface area (TPSA) is 63.4 Å². The quantitative estimate of drug-likeness (QED) is 0.893. The predicted octanol–water partition coefficient (Wildman–Crippen LogP) is 1.74. The molecule has 3 unspecified atom stereocenters. The number of halogens is 3. The van der Waals surface area contributed by atoms with E-state index in [0.29, 0.717) is 19.2 Å². The third-order valence-corrected chi connectivity index (χ3v) is 6.26. The lowest BCUT2D eigenvalue weighted by Gasteiger charge is -2.19. The maximum Gasteiger partial charge on any atom is 0.246 e. The van der Waals surface area contributed by atoms with Gasteiger partial charge < -0.3 is 5.73 Å². The van der Waals surface area contributed by atoms with Crippen molar-refractivity contribution >= 4 is 22.4 Å². The summed E-state index contributed by atoms with van der Waals surface area (Å²) in [7, 11) is -3.92. The van der Waals surface area contributed by atoms with Gasteiger partial charge in [-0.1, -0.05) is 0 Å². The Labute approximate surface area is 128 Å². The van der Waals surface area contributed by atoms with E-state index < -0.39 is 26.6 Å². The maximum atomic E-state index is 13.7. The van der Waals surface area contributed by atoms with Gasteiger partial charge in [0.15, 0.2) is 0 Å². The Morgan fingerprint density at radius 2 is 1.90 bits per heavy atom. The van der Waals surface area contributed by atoms with Gasteiger partial charge in [0, 0.05) is 25.2 Å². The van der Waals surface area contributed by atoms with Crippen LogP contribution in [0.25, 0.3) is 0 Å². The summed E-state index contributed by atoms with van der Waals surface area (Å²) < 4.78 is 52.7. The fourth-order valence-electron chi connectivity index (χ4n) is 3.29. The Balaban J connectivity index is 0.00000161. The average molecular weight is 339 g/mol. The van der Waals surface area contributed by atoms with Gasteiger partial charge in [-0.2, -0.15) is 4.31 Å². The van der Waals surface area contributed by atoms with E-state index in [1.54, 1.807) is 0 Å². The number of nitrogens with two attached hydrogens (primary N) is 1. The summed E-state index contributed by atoms with van der Waals surface area (Å²) >= 11 is 0. The van der Waals surface area contributed by atoms with Crippen molar-refractivity contribution in [3.63, 3.8) is 0 Å². The van der Waals surface area contributed by atoms with Crippen molar-refractivity contribution in [3.8, 4) is 0 Å². The second-order valence-electron chi connectivity index (χ2n) is 5.56. The van der Waals surface area contributed by atoms with E-state index in [1.807, 2.05) is 0 Å². The molecule has 0 radical (unpaired) electrons. The lowest BCUT2D eigenvalue weighted by Crippen LogP contribution is -2.33. The van der Waals surface area contributed by atoms with Crippen LogP contribution < -0.4 is 5.73 Å². The molecule has 0 spiro atoms. The summed E-state index contributed by atoms with van der Waals surface area (Å²) in [4.78, 5) is -0.465. The number of hydrogen-bond acceptors (Lipinski definition) is 3. The lowest BCUT2D eigenvalue weighted by molar-refractivity contribution is 0.424. The zero-order valence-electron chi connectivity index (χ0n) is 11.2. The second kappa shape index (κ2) is 5.79. The van der Waals surface area contributed by atoms with Gasteiger partial charge in [0.25, 0.3) is 0 Å². The van der Waals surface area contributed by atoms with Crippen molar-refractivity contribution in [1.82, 2.24) is 4.31 Å². The molecule has 1 aromatic rings. The SMILES string of the molecule is Cl.NC1CCC2CN(S(=O)(=O)c3ccc(F)cc3F)CC12. The smallest absolute Gasteiger partial charge is 0.246 e. The van der Waals surface area contributed by atoms with Crippen LogP contribution in [-0.2, 0) is 10.0 Å². The largest absolute Gasteiger partial charge is 0.327 e. The maximum absolute atomic E-state index is 13.7. The van der Waals surface area contributed by atoms with Crippen LogP contribution in [0, 0.1) is 23.5 Å². The molecule has 2 N–H and O–H groups in total. The summed E-state index contributed by atoms with van der Waals surface area (Å²) in [6.45, 7) is 0.697. The molecule has 0 amide bonds. The minimum absolute atomic E-state index is 0. The van der Waals surface area contributed by atoms with E-state index in [-0.39, 0.29) is 30.3 Å². The molecule has 1 aromatic carbocycles. The van der Waals surface area contributed by atoms with Crippen LogP contribution in [-0.4, -0.2) is 31.9 Å². The summed E-state index contributed by atoms with van der Waals surface area (Å²) in [5.41, 5.74) is 5.97. The monoisotopic (exact) mass is 338 g/mol. The highest BCUT2D eigenvalue weighted by molar-refractivity contribution is 7.89. The molecule has 21 heavy (non-hydrogen) atoms. The average Bonchev–Trinajstić information content (AvgIpc) is 2.92. The highest BCUT2D eigenvalue weighted by Gasteiger charge is 2.45. The number of fused-ring (bicyclic) bond motifs is 1. The van der Waals surface area contributed by atoms with Crippen molar-refractivity contribution in [2.75, 3.05) is 13.1 Å². The van der Waals surface area contributed by atoms with Gasteiger partial charge >= 0.3 is 0 Å². The zero-order chi connectivity index (χ0) is 14.5. The van der Waals surface area contributed by atoms with Crippen LogP contribution in [0.4, 0.5) is 8.78 Å². The molecule has 2 aliphatic rings. The number of hydrogen-bond donors (Lipinski definition) is 1. The van der Waals surface area contributed by atoms with Gasteiger partial charge in [0.05, 0.1) is 0 Å². The minimum atomic E-state index is -3.92. The fraction of sp³-hybridized carbons (Fsp3) is 0.538. The molecule has 8 heteroatoms. The Morgan fingerprint density at radius 1 is 1.19 bits per heavy atom. The number of sulfonamides is 1. The van der Waals surface area contributed by atoms with Gasteiger partial charge in [-0.15, -0.1) is 12.4 Å². The van der Waals surface area contributed by atoms with Crippen LogP contribution in [0.5, 0.6) is 0 Å². The Hall–Kier alpha value is -0.760. The third kappa shape index (κ3) is 2.79. The Morgan fingerprint density at radius 3 is 2.52 bits per heavy atom. The van der Waals surface area contributed by atoms with Crippen molar-refractivity contribution in [1.29, 1.82) is 0 Å². The van der Waals surface area contributed by atoms with Gasteiger partial charge in [-0.3, -0.25) is 0 Å². The standard InChI is InChI=1S/C13H16F2N2O2S.ClH/c14-9-2-4-13(11(15)5-9)20(18,19)17-6-8-1-3-12(16)10(8)7-17;/h2,4-5,8,10,12H,1,3,6-7,16H2;1H. The highest BCUT2D eigenvalue weighted by Crippen LogP contribution is 2.39. The van der Waals surface area contributed by atoms with E-state index >= 15 is 0 Å². The van der Waals surface area contributed by atoms with E-state index in [0.717, 1.165) is 25.0 Å². The lowest BCUT2D eigenvalue weighted by atomic mass is 9.98. The molecule has 1 aliphatic heterocycles. The second-order valence-corrected chi connectivity index (χ2v) is 7.47. The zero-order valence-corrected chi connectivity index (χ0v) is 12.8. The van der Waals surface area contributed by atoms with Crippen molar-refractivity contribution in [3.05, 3.63) is 29.8 Å². The Kier molecular flexibility index (Phi) is 4.58. The van der Waals surface area contributed by atoms with Crippen molar-refractivity contribution < 1.29 is 17.2 Å². The van der Waals surface area contributed by atoms with Gasteiger partial charge in [0.1, 0.15) is 16.5 Å². The van der Waals surface area contributed by atoms with Crippen molar-refractivity contribution in [2.45, 2.75) is 23.8 Å². The molecule has 0 aromatic heterocycles. The molecular formula is C13H17ClF2N2O2S. The van der Waals surface area contributed by atoms with E-state index in [4.69, 9.17) is 5.73 Å². The minimum Gasteiger partial charge on any atom is -0.327 e. The molecule has 2 fully saturated rings. The summed E-state index contributed by atoms with van der Waals surface area (Å²) in [6.07, 6.45) is 1.82. The van der Waals surface area contributed by atoms with Crippen LogP contribution in [0.1, 0.15) is 12.8 Å². The molecule has 1 heterocycles. The highest BCUT2D eigenvalue weighted by atomic mass is 35.5. The van der Waals surface area contributed by atoms with Crippen LogP contribution in [0.2, 0.25) is 0 Å². The number of nitrogens with zero attached hydrogens (tertiary/aromatic N) is 1. The first-order valence-corrected chi connectivity index (χ1v) is 8.04. The molecule has 0 bridgehead atoms. The molecular weight excluding hydrogens is 322 g/mol. The Bertz CT molecular complexity index is 641. The molecule has 3 rings (SSSR count). The predicted molar refractivity (Wildman–Crippen MR) is 76.6 cm³/mol. The first kappa shape index (κ1) is 16.6. The van der Waals surface area contributed by atoms with E-state index in [1.165, 1.54) is 4.31 Å². The summed E-state index contributed by atoms with van der Waals surface area (Å²) in [5, 5.41) is 0. The first-order chi connectivity index (χ1) is 9.39. The van der Waals surface area contributed by atoms with Gasteiger partial charge in [0.2, 0.25) is 10.0 Å². The summed E-state index contributed by atoms with van der Waals surface area (Å²) in [5.74, 6) is -1.44. The molecule has 1 aliphatic carbocycles. The molecule has 118 valence electrons. The molecule has 1 saturated heterocycles. The van der Waals surface area contributed by atoms with Gasteiger partial charge in [-0.25, -0.2) is 17.2 Å². The van der Waals surface area contributed by atoms with E-state index in [9.17, 15) is 17.2 Å². The summed E-state index contributed by atoms with van der Waals surface area (Å²) in [6, 6.07) is 2.54. The van der Waals surface area contributed by atoms with Crippen LogP contribution >= 0.6 is 12.4 Å². The van der Waals surface area contributed by atoms with E-state index in [2.05, 4.69) is 0 Å². The van der Waals surface area contributed by atoms with Crippen molar-refractivity contribution in [2.24, 2.45) is 17.6 Å². The number of rotatable bonds is 2. The normalized spacial score (nSPS) is 29.2. The van der Waals surface area contributed by atoms with Crippen LogP contribution in [0.15, 0.2) is 23.1 Å².